The van der Waals surface area contributed by atoms with E-state index in [1.807, 2.05) is 0 Å². The molecule has 0 spiro atoms. The number of amides is 2. The number of carboxylic acids is 1. The predicted molar refractivity (Wildman–Crippen MR) is 62.3 cm³/mol. The molecule has 0 aromatic rings. The second kappa shape index (κ2) is 6.88. The molecule has 0 aromatic heterocycles. The van der Waals surface area contributed by atoms with Crippen LogP contribution in [0.3, 0.4) is 0 Å². The Labute approximate surface area is 101 Å². The van der Waals surface area contributed by atoms with Crippen LogP contribution in [0.1, 0.15) is 27.7 Å². The zero-order valence-electron chi connectivity index (χ0n) is 10.7. The van der Waals surface area contributed by atoms with Crippen molar-refractivity contribution in [1.82, 2.24) is 10.2 Å². The number of nitrogens with one attached hydrogen (secondary N) is 1. The Bertz CT molecular complexity index is 302. The quantitative estimate of drug-likeness (QED) is 0.692. The summed E-state index contributed by atoms with van der Waals surface area (Å²) in [6.45, 7) is 6.70. The molecule has 17 heavy (non-hydrogen) atoms. The van der Waals surface area contributed by atoms with Crippen molar-refractivity contribution >= 4 is 17.8 Å². The average molecular weight is 244 g/mol. The summed E-state index contributed by atoms with van der Waals surface area (Å²) in [7, 11) is 0. The Hall–Kier alpha value is -1.59. The van der Waals surface area contributed by atoms with E-state index in [4.69, 9.17) is 5.11 Å². The molecule has 0 saturated heterocycles. The van der Waals surface area contributed by atoms with Crippen LogP contribution < -0.4 is 5.32 Å². The van der Waals surface area contributed by atoms with Crippen LogP contribution in [0.5, 0.6) is 0 Å². The lowest BCUT2D eigenvalue weighted by Crippen LogP contribution is -2.48. The standard InChI is InChI=1S/C11H20N2O4/c1-7(2)10(15)13(8(3)11(16)17)6-5-12-9(4)14/h7-8H,5-6H2,1-4H3,(H,12,14)(H,16,17). The van der Waals surface area contributed by atoms with Crippen molar-refractivity contribution < 1.29 is 19.5 Å². The fourth-order valence-electron chi connectivity index (χ4n) is 1.31. The summed E-state index contributed by atoms with van der Waals surface area (Å²) in [6, 6.07) is -0.890. The van der Waals surface area contributed by atoms with Crippen molar-refractivity contribution in [3.05, 3.63) is 0 Å². The molecule has 0 saturated carbocycles. The van der Waals surface area contributed by atoms with Crippen LogP contribution in [0.4, 0.5) is 0 Å². The Balaban J connectivity index is 4.57. The first kappa shape index (κ1) is 15.4. The summed E-state index contributed by atoms with van der Waals surface area (Å²) in [5.74, 6) is -1.76. The smallest absolute Gasteiger partial charge is 0.326 e. The topological polar surface area (TPSA) is 86.7 Å². The molecule has 0 rings (SSSR count). The Morgan fingerprint density at radius 2 is 1.76 bits per heavy atom. The Morgan fingerprint density at radius 3 is 2.12 bits per heavy atom. The molecule has 1 unspecified atom stereocenters. The molecule has 0 fully saturated rings. The first-order valence-corrected chi connectivity index (χ1v) is 5.55. The van der Waals surface area contributed by atoms with Gasteiger partial charge in [0.25, 0.3) is 0 Å². The Kier molecular flexibility index (Phi) is 6.23. The van der Waals surface area contributed by atoms with Gasteiger partial charge in [-0.2, -0.15) is 0 Å². The molecular weight excluding hydrogens is 224 g/mol. The fourth-order valence-corrected chi connectivity index (χ4v) is 1.31. The minimum absolute atomic E-state index is 0.198. The number of carbonyl (C=O) groups is 3. The lowest BCUT2D eigenvalue weighted by Gasteiger charge is -2.28. The second-order valence-electron chi connectivity index (χ2n) is 4.18. The van der Waals surface area contributed by atoms with Crippen molar-refractivity contribution in [2.75, 3.05) is 13.1 Å². The fraction of sp³-hybridized carbons (Fsp3) is 0.727. The van der Waals surface area contributed by atoms with Gasteiger partial charge >= 0.3 is 5.97 Å². The zero-order valence-corrected chi connectivity index (χ0v) is 10.7. The number of carbonyl (C=O) groups excluding carboxylic acids is 2. The van der Waals surface area contributed by atoms with Gasteiger partial charge in [-0.3, -0.25) is 9.59 Å². The third kappa shape index (κ3) is 5.33. The van der Waals surface area contributed by atoms with Gasteiger partial charge in [-0.1, -0.05) is 13.8 Å². The molecule has 0 radical (unpaired) electrons. The van der Waals surface area contributed by atoms with E-state index in [0.29, 0.717) is 0 Å². The maximum absolute atomic E-state index is 11.8. The lowest BCUT2D eigenvalue weighted by molar-refractivity contribution is -0.150. The molecule has 6 heteroatoms. The van der Waals surface area contributed by atoms with Crippen LogP contribution in [0.25, 0.3) is 0 Å². The number of rotatable bonds is 6. The first-order chi connectivity index (χ1) is 7.77. The van der Waals surface area contributed by atoms with Crippen LogP contribution >= 0.6 is 0 Å². The van der Waals surface area contributed by atoms with Gasteiger partial charge in [0.15, 0.2) is 0 Å². The number of carboxylic acid groups (broad SMARTS) is 1. The van der Waals surface area contributed by atoms with Crippen LogP contribution in [-0.4, -0.2) is 46.9 Å². The van der Waals surface area contributed by atoms with Gasteiger partial charge in [0.2, 0.25) is 11.8 Å². The van der Waals surface area contributed by atoms with Gasteiger partial charge < -0.3 is 15.3 Å². The highest BCUT2D eigenvalue weighted by molar-refractivity contribution is 5.84. The average Bonchev–Trinajstić information content (AvgIpc) is 2.21. The van der Waals surface area contributed by atoms with E-state index in [0.717, 1.165) is 0 Å². The molecule has 0 aromatic carbocycles. The van der Waals surface area contributed by atoms with E-state index in [2.05, 4.69) is 5.32 Å². The largest absolute Gasteiger partial charge is 0.480 e. The van der Waals surface area contributed by atoms with E-state index in [1.54, 1.807) is 13.8 Å². The molecule has 0 aliphatic carbocycles. The van der Waals surface area contributed by atoms with E-state index in [1.165, 1.54) is 18.7 Å². The van der Waals surface area contributed by atoms with Gasteiger partial charge in [0, 0.05) is 25.9 Å². The third-order valence-corrected chi connectivity index (χ3v) is 2.33. The number of hydrogen-bond acceptors (Lipinski definition) is 3. The second-order valence-corrected chi connectivity index (χ2v) is 4.18. The van der Waals surface area contributed by atoms with Gasteiger partial charge in [0.05, 0.1) is 0 Å². The third-order valence-electron chi connectivity index (χ3n) is 2.33. The minimum Gasteiger partial charge on any atom is -0.480 e. The molecule has 2 N–H and O–H groups in total. The molecular formula is C11H20N2O4. The van der Waals surface area contributed by atoms with Crippen LogP contribution in [0, 0.1) is 5.92 Å². The highest BCUT2D eigenvalue weighted by Crippen LogP contribution is 2.06. The minimum atomic E-state index is -1.05. The van der Waals surface area contributed by atoms with Crippen molar-refractivity contribution in [2.45, 2.75) is 33.7 Å². The number of nitrogens with zero attached hydrogens (tertiary/aromatic N) is 1. The molecule has 1 atom stereocenters. The van der Waals surface area contributed by atoms with Gasteiger partial charge in [0.1, 0.15) is 6.04 Å². The van der Waals surface area contributed by atoms with Crippen LogP contribution in [0.15, 0.2) is 0 Å². The van der Waals surface area contributed by atoms with E-state index < -0.39 is 12.0 Å². The monoisotopic (exact) mass is 244 g/mol. The summed E-state index contributed by atoms with van der Waals surface area (Å²) < 4.78 is 0. The predicted octanol–water partition coefficient (Wildman–Crippen LogP) is 0.0802. The normalized spacial score (nSPS) is 12.1. The molecule has 0 bridgehead atoms. The summed E-state index contributed by atoms with van der Waals surface area (Å²) >= 11 is 0. The van der Waals surface area contributed by atoms with Gasteiger partial charge in [-0.15, -0.1) is 0 Å². The summed E-state index contributed by atoms with van der Waals surface area (Å²) in [4.78, 5) is 34.7. The highest BCUT2D eigenvalue weighted by Gasteiger charge is 2.26. The maximum Gasteiger partial charge on any atom is 0.326 e. The summed E-state index contributed by atoms with van der Waals surface area (Å²) in [5, 5.41) is 11.4. The van der Waals surface area contributed by atoms with E-state index in [-0.39, 0.29) is 30.8 Å². The summed E-state index contributed by atoms with van der Waals surface area (Å²) in [5.41, 5.74) is 0. The van der Waals surface area contributed by atoms with Crippen LogP contribution in [-0.2, 0) is 14.4 Å². The summed E-state index contributed by atoms with van der Waals surface area (Å²) in [6.07, 6.45) is 0. The zero-order chi connectivity index (χ0) is 13.6. The van der Waals surface area contributed by atoms with Crippen molar-refractivity contribution in [3.63, 3.8) is 0 Å². The molecule has 0 aliphatic heterocycles. The van der Waals surface area contributed by atoms with Crippen molar-refractivity contribution in [3.8, 4) is 0 Å². The van der Waals surface area contributed by atoms with E-state index in [9.17, 15) is 14.4 Å². The van der Waals surface area contributed by atoms with Crippen molar-refractivity contribution in [1.29, 1.82) is 0 Å². The van der Waals surface area contributed by atoms with Crippen LogP contribution in [0.2, 0.25) is 0 Å². The van der Waals surface area contributed by atoms with Crippen molar-refractivity contribution in [2.24, 2.45) is 5.92 Å². The van der Waals surface area contributed by atoms with Gasteiger partial charge in [-0.05, 0) is 6.92 Å². The Morgan fingerprint density at radius 1 is 1.24 bits per heavy atom. The lowest BCUT2D eigenvalue weighted by atomic mass is 10.1. The number of aliphatic carboxylic acids is 1. The molecule has 0 heterocycles. The highest BCUT2D eigenvalue weighted by atomic mass is 16.4. The SMILES string of the molecule is CC(=O)NCCN(C(=O)C(C)C)C(C)C(=O)O. The van der Waals surface area contributed by atoms with Gasteiger partial charge in [-0.25, -0.2) is 4.79 Å². The van der Waals surface area contributed by atoms with E-state index >= 15 is 0 Å². The molecule has 0 aliphatic rings. The molecule has 98 valence electrons. The molecule has 2 amide bonds. The maximum atomic E-state index is 11.8. The molecule has 6 nitrogen and oxygen atoms in total. The first-order valence-electron chi connectivity index (χ1n) is 5.55. The number of hydrogen-bond donors (Lipinski definition) is 2.